The van der Waals surface area contributed by atoms with Crippen LogP contribution in [0.25, 0.3) is 11.3 Å². The topological polar surface area (TPSA) is 72.6 Å². The Hall–Kier alpha value is -2.37. The normalized spacial score (nSPS) is 10.2. The SMILES string of the molecule is COc1c(F)cccc1-c1cc(C(=O)O)no1. The number of halogens is 1. The fourth-order valence-electron chi connectivity index (χ4n) is 1.41. The van der Waals surface area contributed by atoms with Crippen LogP contribution >= 0.6 is 0 Å². The third-order valence-electron chi connectivity index (χ3n) is 2.17. The predicted molar refractivity (Wildman–Crippen MR) is 55.4 cm³/mol. The minimum absolute atomic E-state index is 0.0133. The molecule has 2 rings (SSSR count). The first-order valence-corrected chi connectivity index (χ1v) is 4.66. The molecule has 0 amide bonds. The van der Waals surface area contributed by atoms with Gasteiger partial charge >= 0.3 is 5.97 Å². The van der Waals surface area contributed by atoms with Crippen LogP contribution in [0.1, 0.15) is 10.5 Å². The first-order chi connectivity index (χ1) is 8.13. The van der Waals surface area contributed by atoms with E-state index in [-0.39, 0.29) is 17.2 Å². The number of ether oxygens (including phenoxy) is 1. The van der Waals surface area contributed by atoms with E-state index in [0.717, 1.165) is 0 Å². The summed E-state index contributed by atoms with van der Waals surface area (Å²) in [5, 5.41) is 12.0. The van der Waals surface area contributed by atoms with Crippen LogP contribution in [0.2, 0.25) is 0 Å². The molecule has 1 aromatic carbocycles. The second kappa shape index (κ2) is 4.25. The number of para-hydroxylation sites is 1. The summed E-state index contributed by atoms with van der Waals surface area (Å²) in [4.78, 5) is 10.6. The maximum Gasteiger partial charge on any atom is 0.358 e. The highest BCUT2D eigenvalue weighted by Crippen LogP contribution is 2.32. The number of hydrogen-bond acceptors (Lipinski definition) is 4. The van der Waals surface area contributed by atoms with Gasteiger partial charge < -0.3 is 14.4 Å². The zero-order chi connectivity index (χ0) is 12.4. The minimum atomic E-state index is -1.21. The Morgan fingerprint density at radius 1 is 1.53 bits per heavy atom. The maximum atomic E-state index is 13.4. The van der Waals surface area contributed by atoms with Gasteiger partial charge in [-0.1, -0.05) is 11.2 Å². The molecule has 1 aromatic heterocycles. The van der Waals surface area contributed by atoms with Gasteiger partial charge in [-0.15, -0.1) is 0 Å². The highest BCUT2D eigenvalue weighted by molar-refractivity contribution is 5.86. The average Bonchev–Trinajstić information content (AvgIpc) is 2.77. The second-order valence-electron chi connectivity index (χ2n) is 3.20. The molecule has 0 unspecified atom stereocenters. The lowest BCUT2D eigenvalue weighted by atomic mass is 10.1. The third kappa shape index (κ3) is 1.96. The van der Waals surface area contributed by atoms with Crippen LogP contribution in [0, 0.1) is 5.82 Å². The van der Waals surface area contributed by atoms with E-state index in [1.165, 1.54) is 25.3 Å². The van der Waals surface area contributed by atoms with Gasteiger partial charge in [0.15, 0.2) is 23.0 Å². The van der Waals surface area contributed by atoms with E-state index >= 15 is 0 Å². The van der Waals surface area contributed by atoms with Crippen molar-refractivity contribution in [2.45, 2.75) is 0 Å². The molecule has 0 atom stereocenters. The van der Waals surface area contributed by atoms with Crippen molar-refractivity contribution in [1.29, 1.82) is 0 Å². The third-order valence-corrected chi connectivity index (χ3v) is 2.17. The van der Waals surface area contributed by atoms with Gasteiger partial charge in [-0.05, 0) is 12.1 Å². The van der Waals surface area contributed by atoms with Crippen molar-refractivity contribution in [3.63, 3.8) is 0 Å². The van der Waals surface area contributed by atoms with Gasteiger partial charge in [0.1, 0.15) is 0 Å². The molecule has 0 aliphatic carbocycles. The lowest BCUT2D eigenvalue weighted by Crippen LogP contribution is -1.94. The molecule has 17 heavy (non-hydrogen) atoms. The summed E-state index contributed by atoms with van der Waals surface area (Å²) >= 11 is 0. The molecular weight excluding hydrogens is 229 g/mol. The molecule has 0 aliphatic heterocycles. The molecule has 6 heteroatoms. The number of carboxylic acids is 1. The number of aromatic carboxylic acids is 1. The molecule has 0 radical (unpaired) electrons. The van der Waals surface area contributed by atoms with E-state index in [1.54, 1.807) is 6.07 Å². The van der Waals surface area contributed by atoms with Gasteiger partial charge in [-0.25, -0.2) is 9.18 Å². The Balaban J connectivity index is 2.52. The number of rotatable bonds is 3. The summed E-state index contributed by atoms with van der Waals surface area (Å²) in [6.45, 7) is 0. The molecule has 0 spiro atoms. The molecule has 2 aromatic rings. The molecule has 0 saturated heterocycles. The standard InChI is InChI=1S/C11H8FNO4/c1-16-10-6(3-2-4-7(10)12)9-5-8(11(14)15)13-17-9/h2-5H,1H3,(H,14,15). The fraction of sp³-hybridized carbons (Fsp3) is 0.0909. The molecule has 5 nitrogen and oxygen atoms in total. The molecule has 1 N–H and O–H groups in total. The van der Waals surface area contributed by atoms with Crippen molar-refractivity contribution in [2.75, 3.05) is 7.11 Å². The van der Waals surface area contributed by atoms with Crippen LogP contribution in [0.5, 0.6) is 5.75 Å². The van der Waals surface area contributed by atoms with E-state index < -0.39 is 11.8 Å². The zero-order valence-corrected chi connectivity index (χ0v) is 8.81. The monoisotopic (exact) mass is 237 g/mol. The molecule has 0 saturated carbocycles. The largest absolute Gasteiger partial charge is 0.493 e. The van der Waals surface area contributed by atoms with E-state index in [1.807, 2.05) is 0 Å². The highest BCUT2D eigenvalue weighted by atomic mass is 19.1. The number of carboxylic acid groups (broad SMARTS) is 1. The van der Waals surface area contributed by atoms with E-state index in [0.29, 0.717) is 5.56 Å². The predicted octanol–water partition coefficient (Wildman–Crippen LogP) is 2.19. The van der Waals surface area contributed by atoms with Crippen molar-refractivity contribution < 1.29 is 23.6 Å². The molecule has 0 fully saturated rings. The van der Waals surface area contributed by atoms with Gasteiger partial charge in [0.25, 0.3) is 0 Å². The number of methoxy groups -OCH3 is 1. The summed E-state index contributed by atoms with van der Waals surface area (Å²) in [6, 6.07) is 5.46. The number of nitrogens with zero attached hydrogens (tertiary/aromatic N) is 1. The summed E-state index contributed by atoms with van der Waals surface area (Å²) in [5.74, 6) is -1.65. The maximum absolute atomic E-state index is 13.4. The molecule has 1 heterocycles. The Bertz CT molecular complexity index is 564. The Morgan fingerprint density at radius 3 is 2.88 bits per heavy atom. The first-order valence-electron chi connectivity index (χ1n) is 4.66. The van der Waals surface area contributed by atoms with Crippen molar-refractivity contribution in [3.05, 3.63) is 35.8 Å². The van der Waals surface area contributed by atoms with Crippen molar-refractivity contribution in [1.82, 2.24) is 5.16 Å². The van der Waals surface area contributed by atoms with Crippen LogP contribution in [0.4, 0.5) is 4.39 Å². The van der Waals surface area contributed by atoms with Crippen LogP contribution in [-0.2, 0) is 0 Å². The Morgan fingerprint density at radius 2 is 2.29 bits per heavy atom. The molecular formula is C11H8FNO4. The molecule has 88 valence electrons. The van der Waals surface area contributed by atoms with E-state index in [2.05, 4.69) is 5.16 Å². The quantitative estimate of drug-likeness (QED) is 0.885. The van der Waals surface area contributed by atoms with Crippen molar-refractivity contribution in [3.8, 4) is 17.1 Å². The minimum Gasteiger partial charge on any atom is -0.493 e. The molecule has 0 bridgehead atoms. The summed E-state index contributed by atoms with van der Waals surface area (Å²) < 4.78 is 23.1. The van der Waals surface area contributed by atoms with E-state index in [9.17, 15) is 9.18 Å². The summed E-state index contributed by atoms with van der Waals surface area (Å²) in [5.41, 5.74) is 0.0683. The van der Waals surface area contributed by atoms with Gasteiger partial charge in [0.2, 0.25) is 0 Å². The number of carbonyl (C=O) groups is 1. The van der Waals surface area contributed by atoms with Gasteiger partial charge in [0.05, 0.1) is 12.7 Å². The smallest absolute Gasteiger partial charge is 0.358 e. The fourth-order valence-corrected chi connectivity index (χ4v) is 1.41. The molecule has 0 aliphatic rings. The number of hydrogen-bond donors (Lipinski definition) is 1. The lowest BCUT2D eigenvalue weighted by molar-refractivity contribution is 0.0686. The first kappa shape index (κ1) is 11.1. The van der Waals surface area contributed by atoms with Crippen molar-refractivity contribution in [2.24, 2.45) is 0 Å². The summed E-state index contributed by atoms with van der Waals surface area (Å²) in [7, 11) is 1.32. The van der Waals surface area contributed by atoms with Crippen LogP contribution in [0.3, 0.4) is 0 Å². The number of benzene rings is 1. The Labute approximate surface area is 95.4 Å². The van der Waals surface area contributed by atoms with E-state index in [4.69, 9.17) is 14.4 Å². The highest BCUT2D eigenvalue weighted by Gasteiger charge is 2.17. The Kier molecular flexibility index (Phi) is 2.78. The van der Waals surface area contributed by atoms with Gasteiger partial charge in [-0.2, -0.15) is 0 Å². The van der Waals surface area contributed by atoms with Gasteiger partial charge in [-0.3, -0.25) is 0 Å². The van der Waals surface area contributed by atoms with Crippen LogP contribution < -0.4 is 4.74 Å². The van der Waals surface area contributed by atoms with Crippen LogP contribution in [-0.4, -0.2) is 23.3 Å². The lowest BCUT2D eigenvalue weighted by Gasteiger charge is -2.05. The van der Waals surface area contributed by atoms with Crippen LogP contribution in [0.15, 0.2) is 28.8 Å². The summed E-state index contributed by atoms with van der Waals surface area (Å²) in [6.07, 6.45) is 0. The second-order valence-corrected chi connectivity index (χ2v) is 3.20. The van der Waals surface area contributed by atoms with Crippen molar-refractivity contribution >= 4 is 5.97 Å². The van der Waals surface area contributed by atoms with Gasteiger partial charge in [0, 0.05) is 6.07 Å². The number of aromatic nitrogens is 1. The average molecular weight is 237 g/mol. The zero-order valence-electron chi connectivity index (χ0n) is 8.81.